The second kappa shape index (κ2) is 3.77. The lowest BCUT2D eigenvalue weighted by Gasteiger charge is -2.38. The molecule has 0 amide bonds. The zero-order chi connectivity index (χ0) is 11.1. The summed E-state index contributed by atoms with van der Waals surface area (Å²) in [5.74, 6) is 0.315. The van der Waals surface area contributed by atoms with Gasteiger partial charge in [-0.15, -0.1) is 0 Å². The van der Waals surface area contributed by atoms with Crippen LogP contribution in [0.2, 0.25) is 0 Å². The Hall–Kier alpha value is -0.580. The fraction of sp³-hybridized carbons (Fsp3) is 0.818. The Labute approximate surface area is 89.8 Å². The van der Waals surface area contributed by atoms with E-state index in [2.05, 4.69) is 6.58 Å². The van der Waals surface area contributed by atoms with Gasteiger partial charge < -0.3 is 19.3 Å². The molecule has 0 aromatic heterocycles. The van der Waals surface area contributed by atoms with Gasteiger partial charge in [0.1, 0.15) is 5.60 Å². The predicted octanol–water partition coefficient (Wildman–Crippen LogP) is 0.700. The summed E-state index contributed by atoms with van der Waals surface area (Å²) >= 11 is 0. The van der Waals surface area contributed by atoms with Crippen LogP contribution >= 0.6 is 0 Å². The third-order valence-corrected chi connectivity index (χ3v) is 3.72. The molecular formula is C11H18O4. The Kier molecular flexibility index (Phi) is 2.75. The Bertz CT molecular complexity index is 255. The molecule has 0 radical (unpaired) electrons. The molecule has 0 aliphatic heterocycles. The first-order chi connectivity index (χ1) is 7.17. The first kappa shape index (κ1) is 10.9. The topological polar surface area (TPSA) is 47.9 Å². The molecule has 5 unspecified atom stereocenters. The molecule has 1 N–H and O–H groups in total. The van der Waals surface area contributed by atoms with Crippen LogP contribution in [0.25, 0.3) is 0 Å². The second-order valence-electron chi connectivity index (χ2n) is 4.34. The highest BCUT2D eigenvalue weighted by molar-refractivity contribution is 5.15. The molecule has 2 rings (SSSR count). The lowest BCUT2D eigenvalue weighted by molar-refractivity contribution is -0.174. The van der Waals surface area contributed by atoms with Crippen LogP contribution in [0.5, 0.6) is 0 Å². The average Bonchev–Trinajstić information content (AvgIpc) is 2.68. The largest absolute Gasteiger partial charge is 0.493 e. The summed E-state index contributed by atoms with van der Waals surface area (Å²) in [5.41, 5.74) is -0.922. The van der Waals surface area contributed by atoms with Crippen LogP contribution in [-0.4, -0.2) is 43.2 Å². The van der Waals surface area contributed by atoms with Crippen LogP contribution in [0.4, 0.5) is 0 Å². The van der Waals surface area contributed by atoms with Gasteiger partial charge in [0.05, 0.1) is 18.5 Å². The van der Waals surface area contributed by atoms with Crippen molar-refractivity contribution in [3.63, 3.8) is 0 Å². The van der Waals surface area contributed by atoms with Crippen molar-refractivity contribution in [3.05, 3.63) is 12.8 Å². The summed E-state index contributed by atoms with van der Waals surface area (Å²) in [6.45, 7) is 3.53. The van der Waals surface area contributed by atoms with E-state index in [1.165, 1.54) is 6.26 Å². The monoisotopic (exact) mass is 214 g/mol. The van der Waals surface area contributed by atoms with E-state index in [1.807, 2.05) is 0 Å². The summed E-state index contributed by atoms with van der Waals surface area (Å²) < 4.78 is 16.1. The van der Waals surface area contributed by atoms with E-state index < -0.39 is 5.60 Å². The Morgan fingerprint density at radius 1 is 1.40 bits per heavy atom. The first-order valence-corrected chi connectivity index (χ1v) is 5.21. The fourth-order valence-electron chi connectivity index (χ4n) is 3.11. The number of hydrogen-bond acceptors (Lipinski definition) is 4. The predicted molar refractivity (Wildman–Crippen MR) is 54.3 cm³/mol. The van der Waals surface area contributed by atoms with E-state index in [1.54, 1.807) is 14.2 Å². The molecule has 4 nitrogen and oxygen atoms in total. The summed E-state index contributed by atoms with van der Waals surface area (Å²) in [4.78, 5) is 0. The highest BCUT2D eigenvalue weighted by Gasteiger charge is 2.64. The van der Waals surface area contributed by atoms with Crippen LogP contribution in [0.1, 0.15) is 12.8 Å². The van der Waals surface area contributed by atoms with Crippen LogP contribution < -0.4 is 0 Å². The minimum atomic E-state index is -0.922. The highest BCUT2D eigenvalue weighted by atomic mass is 16.6. The van der Waals surface area contributed by atoms with Gasteiger partial charge in [-0.3, -0.25) is 0 Å². The molecule has 2 aliphatic carbocycles. The Morgan fingerprint density at radius 2 is 2.13 bits per heavy atom. The smallest absolute Gasteiger partial charge is 0.155 e. The van der Waals surface area contributed by atoms with Gasteiger partial charge in [-0.2, -0.15) is 0 Å². The van der Waals surface area contributed by atoms with Crippen LogP contribution in [0, 0.1) is 5.92 Å². The minimum Gasteiger partial charge on any atom is -0.493 e. The van der Waals surface area contributed by atoms with E-state index in [0.29, 0.717) is 12.3 Å². The first-order valence-electron chi connectivity index (χ1n) is 5.21. The van der Waals surface area contributed by atoms with E-state index in [-0.39, 0.29) is 18.3 Å². The zero-order valence-electron chi connectivity index (χ0n) is 9.18. The van der Waals surface area contributed by atoms with E-state index in [9.17, 15) is 5.11 Å². The molecule has 2 fully saturated rings. The second-order valence-corrected chi connectivity index (χ2v) is 4.34. The number of methoxy groups -OCH3 is 2. The molecule has 0 heterocycles. The SMILES string of the molecule is C=COC1C(OC)C2CC(OC)C1(O)C2. The molecule has 2 bridgehead atoms. The molecule has 86 valence electrons. The molecule has 2 aliphatic rings. The summed E-state index contributed by atoms with van der Waals surface area (Å²) in [7, 11) is 3.27. The molecular weight excluding hydrogens is 196 g/mol. The molecule has 5 atom stereocenters. The standard InChI is InChI=1S/C11H18O4/c1-4-15-10-9(14-3)7-5-8(13-2)11(10,12)6-7/h4,7-10,12H,1,5-6H2,2-3H3. The number of rotatable bonds is 4. The van der Waals surface area contributed by atoms with Crippen molar-refractivity contribution < 1.29 is 19.3 Å². The van der Waals surface area contributed by atoms with Crippen molar-refractivity contribution >= 4 is 0 Å². The Morgan fingerprint density at radius 3 is 2.67 bits per heavy atom. The third kappa shape index (κ3) is 1.40. The maximum Gasteiger partial charge on any atom is 0.155 e. The number of ether oxygens (including phenoxy) is 3. The maximum absolute atomic E-state index is 10.5. The van der Waals surface area contributed by atoms with Crippen molar-refractivity contribution in [3.8, 4) is 0 Å². The normalized spacial score (nSPS) is 48.2. The number of fused-ring (bicyclic) bond motifs is 2. The molecule has 4 heteroatoms. The molecule has 0 saturated heterocycles. The number of hydrogen-bond donors (Lipinski definition) is 1. The lowest BCUT2D eigenvalue weighted by atomic mass is 9.88. The van der Waals surface area contributed by atoms with E-state index in [4.69, 9.17) is 14.2 Å². The summed E-state index contributed by atoms with van der Waals surface area (Å²) in [6, 6.07) is 0. The van der Waals surface area contributed by atoms with Gasteiger partial charge in [0, 0.05) is 14.2 Å². The summed E-state index contributed by atoms with van der Waals surface area (Å²) in [5, 5.41) is 10.5. The van der Waals surface area contributed by atoms with Crippen LogP contribution in [-0.2, 0) is 14.2 Å². The van der Waals surface area contributed by atoms with Gasteiger partial charge in [-0.1, -0.05) is 6.58 Å². The van der Waals surface area contributed by atoms with E-state index >= 15 is 0 Å². The van der Waals surface area contributed by atoms with Crippen LogP contribution in [0.3, 0.4) is 0 Å². The highest BCUT2D eigenvalue weighted by Crippen LogP contribution is 2.51. The van der Waals surface area contributed by atoms with Crippen LogP contribution in [0.15, 0.2) is 12.8 Å². The van der Waals surface area contributed by atoms with Crippen molar-refractivity contribution in [1.82, 2.24) is 0 Å². The van der Waals surface area contributed by atoms with Gasteiger partial charge in [-0.25, -0.2) is 0 Å². The van der Waals surface area contributed by atoms with Gasteiger partial charge >= 0.3 is 0 Å². The molecule has 15 heavy (non-hydrogen) atoms. The van der Waals surface area contributed by atoms with Gasteiger partial charge in [0.2, 0.25) is 0 Å². The van der Waals surface area contributed by atoms with Gasteiger partial charge in [0.15, 0.2) is 6.10 Å². The van der Waals surface area contributed by atoms with Gasteiger partial charge in [0.25, 0.3) is 0 Å². The molecule has 0 spiro atoms. The zero-order valence-corrected chi connectivity index (χ0v) is 9.18. The Balaban J connectivity index is 2.22. The average molecular weight is 214 g/mol. The third-order valence-electron chi connectivity index (χ3n) is 3.72. The molecule has 2 saturated carbocycles. The van der Waals surface area contributed by atoms with Crippen molar-refractivity contribution in [2.45, 2.75) is 36.8 Å². The quantitative estimate of drug-likeness (QED) is 0.700. The van der Waals surface area contributed by atoms with Crippen molar-refractivity contribution in [2.24, 2.45) is 5.92 Å². The van der Waals surface area contributed by atoms with E-state index in [0.717, 1.165) is 6.42 Å². The molecule has 0 aromatic rings. The molecule has 0 aromatic carbocycles. The maximum atomic E-state index is 10.5. The number of aliphatic hydroxyl groups is 1. The summed E-state index contributed by atoms with van der Waals surface area (Å²) in [6.07, 6.45) is 2.31. The minimum absolute atomic E-state index is 0.0561. The van der Waals surface area contributed by atoms with Crippen molar-refractivity contribution in [2.75, 3.05) is 14.2 Å². The van der Waals surface area contributed by atoms with Gasteiger partial charge in [-0.05, 0) is 18.8 Å². The lowest BCUT2D eigenvalue weighted by Crippen LogP contribution is -2.54. The fourth-order valence-corrected chi connectivity index (χ4v) is 3.11. The van der Waals surface area contributed by atoms with Crippen molar-refractivity contribution in [1.29, 1.82) is 0 Å².